The highest BCUT2D eigenvalue weighted by atomic mass is 16.5. The van der Waals surface area contributed by atoms with E-state index in [9.17, 15) is 0 Å². The summed E-state index contributed by atoms with van der Waals surface area (Å²) in [5.74, 6) is 1.59. The summed E-state index contributed by atoms with van der Waals surface area (Å²) in [6.07, 6.45) is 13.3. The Labute approximate surface area is 124 Å². The van der Waals surface area contributed by atoms with Crippen molar-refractivity contribution in [1.82, 2.24) is 9.97 Å². The summed E-state index contributed by atoms with van der Waals surface area (Å²) in [5, 5.41) is 0. The minimum atomic E-state index is -0.0804. The first-order chi connectivity index (χ1) is 9.59. The van der Waals surface area contributed by atoms with Gasteiger partial charge in [0.05, 0.1) is 12.4 Å². The first-order valence-electron chi connectivity index (χ1n) is 8.07. The number of nitrogens with zero attached hydrogens (tertiary/aromatic N) is 2. The first-order valence-corrected chi connectivity index (χ1v) is 8.07. The van der Waals surface area contributed by atoms with E-state index in [4.69, 9.17) is 4.74 Å². The second kappa shape index (κ2) is 8.93. The van der Waals surface area contributed by atoms with Crippen molar-refractivity contribution in [3.8, 4) is 5.75 Å². The van der Waals surface area contributed by atoms with Gasteiger partial charge in [0.2, 0.25) is 0 Å². The van der Waals surface area contributed by atoms with Gasteiger partial charge in [-0.05, 0) is 39.5 Å². The second-order valence-electron chi connectivity index (χ2n) is 5.93. The summed E-state index contributed by atoms with van der Waals surface area (Å²) < 4.78 is 6.23. The highest BCUT2D eigenvalue weighted by molar-refractivity contribution is 5.13. The Bertz CT molecular complexity index is 352. The van der Waals surface area contributed by atoms with Gasteiger partial charge in [0.25, 0.3) is 0 Å². The topological polar surface area (TPSA) is 35.0 Å². The average Bonchev–Trinajstić information content (AvgIpc) is 2.42. The molecule has 1 aromatic rings. The van der Waals surface area contributed by atoms with Gasteiger partial charge in [-0.15, -0.1) is 0 Å². The quantitative estimate of drug-likeness (QED) is 0.560. The van der Waals surface area contributed by atoms with Crippen molar-refractivity contribution in [3.05, 3.63) is 18.2 Å². The van der Waals surface area contributed by atoms with Gasteiger partial charge in [0.15, 0.2) is 5.75 Å². The SMILES string of the molecule is CCCCCC(C)(CCCCC)Oc1cnc(C)nc1. The van der Waals surface area contributed by atoms with Crippen molar-refractivity contribution < 1.29 is 4.74 Å². The van der Waals surface area contributed by atoms with Crippen LogP contribution in [0.4, 0.5) is 0 Å². The minimum Gasteiger partial charge on any atom is -0.484 e. The molecule has 0 N–H and O–H groups in total. The molecule has 0 spiro atoms. The van der Waals surface area contributed by atoms with Gasteiger partial charge in [-0.1, -0.05) is 39.5 Å². The molecule has 1 heterocycles. The van der Waals surface area contributed by atoms with Crippen LogP contribution in [0.25, 0.3) is 0 Å². The van der Waals surface area contributed by atoms with E-state index in [0.29, 0.717) is 0 Å². The Morgan fingerprint density at radius 1 is 0.950 bits per heavy atom. The van der Waals surface area contributed by atoms with Crippen LogP contribution < -0.4 is 4.74 Å². The molecule has 0 radical (unpaired) electrons. The molecule has 0 fully saturated rings. The van der Waals surface area contributed by atoms with Crippen molar-refractivity contribution in [3.63, 3.8) is 0 Å². The van der Waals surface area contributed by atoms with E-state index >= 15 is 0 Å². The summed E-state index contributed by atoms with van der Waals surface area (Å²) in [6, 6.07) is 0. The molecule has 0 aliphatic carbocycles. The lowest BCUT2D eigenvalue weighted by Crippen LogP contribution is -2.32. The lowest BCUT2D eigenvalue weighted by atomic mass is 9.91. The summed E-state index contributed by atoms with van der Waals surface area (Å²) >= 11 is 0. The van der Waals surface area contributed by atoms with Crippen LogP contribution >= 0.6 is 0 Å². The van der Waals surface area contributed by atoms with Crippen molar-refractivity contribution in [2.24, 2.45) is 0 Å². The number of hydrogen-bond donors (Lipinski definition) is 0. The van der Waals surface area contributed by atoms with Crippen LogP contribution in [0, 0.1) is 6.92 Å². The smallest absolute Gasteiger partial charge is 0.156 e. The van der Waals surface area contributed by atoms with Crippen molar-refractivity contribution in [1.29, 1.82) is 0 Å². The van der Waals surface area contributed by atoms with Crippen molar-refractivity contribution >= 4 is 0 Å². The first kappa shape index (κ1) is 16.9. The molecular formula is C17H30N2O. The van der Waals surface area contributed by atoms with Gasteiger partial charge in [-0.3, -0.25) is 0 Å². The second-order valence-corrected chi connectivity index (χ2v) is 5.93. The highest BCUT2D eigenvalue weighted by Gasteiger charge is 2.25. The van der Waals surface area contributed by atoms with Crippen LogP contribution in [0.3, 0.4) is 0 Å². The molecule has 0 aromatic carbocycles. The van der Waals surface area contributed by atoms with E-state index in [0.717, 1.165) is 24.4 Å². The van der Waals surface area contributed by atoms with E-state index in [1.54, 1.807) is 12.4 Å². The molecule has 0 aliphatic heterocycles. The third-order valence-electron chi connectivity index (χ3n) is 3.74. The lowest BCUT2D eigenvalue weighted by molar-refractivity contribution is 0.0631. The number of rotatable bonds is 10. The highest BCUT2D eigenvalue weighted by Crippen LogP contribution is 2.28. The summed E-state index contributed by atoms with van der Waals surface area (Å²) in [6.45, 7) is 8.61. The number of aryl methyl sites for hydroxylation is 1. The molecule has 114 valence electrons. The van der Waals surface area contributed by atoms with E-state index in [-0.39, 0.29) is 5.60 Å². The van der Waals surface area contributed by atoms with Gasteiger partial charge in [-0.2, -0.15) is 0 Å². The fourth-order valence-electron chi connectivity index (χ4n) is 2.44. The predicted octanol–water partition coefficient (Wildman–Crippen LogP) is 5.08. The summed E-state index contributed by atoms with van der Waals surface area (Å²) in [4.78, 5) is 8.44. The largest absolute Gasteiger partial charge is 0.484 e. The summed E-state index contributed by atoms with van der Waals surface area (Å²) in [7, 11) is 0. The van der Waals surface area contributed by atoms with Crippen LogP contribution in [-0.2, 0) is 0 Å². The van der Waals surface area contributed by atoms with Gasteiger partial charge < -0.3 is 4.74 Å². The Hall–Kier alpha value is -1.12. The minimum absolute atomic E-state index is 0.0804. The zero-order valence-corrected chi connectivity index (χ0v) is 13.6. The Morgan fingerprint density at radius 3 is 1.90 bits per heavy atom. The molecular weight excluding hydrogens is 248 g/mol. The monoisotopic (exact) mass is 278 g/mol. The van der Waals surface area contributed by atoms with E-state index in [1.165, 1.54) is 38.5 Å². The fourth-order valence-corrected chi connectivity index (χ4v) is 2.44. The maximum Gasteiger partial charge on any atom is 0.156 e. The molecule has 0 saturated carbocycles. The van der Waals surface area contributed by atoms with Gasteiger partial charge in [0.1, 0.15) is 11.4 Å². The maximum absolute atomic E-state index is 6.23. The molecule has 0 bridgehead atoms. The van der Waals surface area contributed by atoms with Gasteiger partial charge in [-0.25, -0.2) is 9.97 Å². The normalized spacial score (nSPS) is 11.6. The Balaban J connectivity index is 2.62. The Morgan fingerprint density at radius 2 is 1.45 bits per heavy atom. The maximum atomic E-state index is 6.23. The standard InChI is InChI=1S/C17H30N2O/c1-5-7-9-11-17(4,12-10-8-6-2)20-16-13-18-15(3)19-14-16/h13-14H,5-12H2,1-4H3. The molecule has 0 aliphatic rings. The van der Waals surface area contributed by atoms with Crippen LogP contribution in [0.15, 0.2) is 12.4 Å². The molecule has 1 aromatic heterocycles. The molecule has 20 heavy (non-hydrogen) atoms. The molecule has 0 unspecified atom stereocenters. The van der Waals surface area contributed by atoms with Gasteiger partial charge in [0, 0.05) is 0 Å². The number of aromatic nitrogens is 2. The summed E-state index contributed by atoms with van der Waals surface area (Å²) in [5.41, 5.74) is -0.0804. The van der Waals surface area contributed by atoms with E-state index in [1.807, 2.05) is 6.92 Å². The molecule has 0 saturated heterocycles. The van der Waals surface area contributed by atoms with E-state index in [2.05, 4.69) is 30.7 Å². The molecule has 0 atom stereocenters. The lowest BCUT2D eigenvalue weighted by Gasteiger charge is -2.31. The van der Waals surface area contributed by atoms with Crippen LogP contribution in [-0.4, -0.2) is 15.6 Å². The van der Waals surface area contributed by atoms with Crippen molar-refractivity contribution in [2.75, 3.05) is 0 Å². The zero-order valence-electron chi connectivity index (χ0n) is 13.6. The zero-order chi connectivity index (χ0) is 14.8. The van der Waals surface area contributed by atoms with Crippen molar-refractivity contribution in [2.45, 2.75) is 84.7 Å². The number of ether oxygens (including phenoxy) is 1. The third kappa shape index (κ3) is 6.36. The third-order valence-corrected chi connectivity index (χ3v) is 3.74. The van der Waals surface area contributed by atoms with Crippen LogP contribution in [0.5, 0.6) is 5.75 Å². The van der Waals surface area contributed by atoms with Gasteiger partial charge >= 0.3 is 0 Å². The molecule has 0 amide bonds. The van der Waals surface area contributed by atoms with Crippen LogP contribution in [0.2, 0.25) is 0 Å². The fraction of sp³-hybridized carbons (Fsp3) is 0.765. The molecule has 3 nitrogen and oxygen atoms in total. The predicted molar refractivity (Wildman–Crippen MR) is 84.1 cm³/mol. The van der Waals surface area contributed by atoms with Crippen LogP contribution in [0.1, 0.15) is 78.0 Å². The number of hydrogen-bond acceptors (Lipinski definition) is 3. The Kier molecular flexibility index (Phi) is 7.56. The average molecular weight is 278 g/mol. The number of unbranched alkanes of at least 4 members (excludes halogenated alkanes) is 4. The van der Waals surface area contributed by atoms with E-state index < -0.39 is 0 Å². The molecule has 3 heteroatoms. The molecule has 1 rings (SSSR count).